The van der Waals surface area contributed by atoms with Gasteiger partial charge in [-0.1, -0.05) is 31.2 Å². The first kappa shape index (κ1) is 18.0. The highest BCUT2D eigenvalue weighted by atomic mass is 16.5. The molecule has 0 spiro atoms. The molecule has 4 nitrogen and oxygen atoms in total. The van der Waals surface area contributed by atoms with Gasteiger partial charge in [0, 0.05) is 25.2 Å². The van der Waals surface area contributed by atoms with Gasteiger partial charge in [0.05, 0.1) is 7.11 Å². The van der Waals surface area contributed by atoms with Gasteiger partial charge in [0.1, 0.15) is 5.75 Å². The van der Waals surface area contributed by atoms with Crippen molar-refractivity contribution in [3.63, 3.8) is 0 Å². The number of hydrogen-bond donors (Lipinski definition) is 2. The minimum Gasteiger partial charge on any atom is -0.497 e. The summed E-state index contributed by atoms with van der Waals surface area (Å²) in [6.07, 6.45) is 0. The maximum Gasteiger partial charge on any atom is 0.251 e. The number of amides is 1. The van der Waals surface area contributed by atoms with Crippen molar-refractivity contribution in [2.24, 2.45) is 0 Å². The van der Waals surface area contributed by atoms with Gasteiger partial charge in [-0.3, -0.25) is 4.79 Å². The van der Waals surface area contributed by atoms with E-state index in [0.29, 0.717) is 17.5 Å². The molecule has 0 fully saturated rings. The average molecular weight is 326 g/mol. The summed E-state index contributed by atoms with van der Waals surface area (Å²) >= 11 is 0. The first-order valence-electron chi connectivity index (χ1n) is 8.23. The summed E-state index contributed by atoms with van der Waals surface area (Å²) in [5.41, 5.74) is 3.06. The van der Waals surface area contributed by atoms with E-state index in [1.165, 1.54) is 5.56 Å². The van der Waals surface area contributed by atoms with E-state index >= 15 is 0 Å². The van der Waals surface area contributed by atoms with Crippen LogP contribution in [0.4, 0.5) is 0 Å². The second-order valence-electron chi connectivity index (χ2n) is 6.01. The van der Waals surface area contributed by atoms with Crippen LogP contribution >= 0.6 is 0 Å². The number of nitrogens with one attached hydrogen (secondary N) is 2. The van der Waals surface area contributed by atoms with Crippen molar-refractivity contribution in [1.29, 1.82) is 0 Å². The summed E-state index contributed by atoms with van der Waals surface area (Å²) in [6, 6.07) is 16.2. The minimum atomic E-state index is -0.0588. The lowest BCUT2D eigenvalue weighted by Gasteiger charge is -2.22. The van der Waals surface area contributed by atoms with E-state index in [0.717, 1.165) is 17.9 Å². The molecule has 24 heavy (non-hydrogen) atoms. The summed E-state index contributed by atoms with van der Waals surface area (Å²) in [6.45, 7) is 5.12. The molecule has 0 bridgehead atoms. The molecule has 2 N–H and O–H groups in total. The van der Waals surface area contributed by atoms with E-state index < -0.39 is 0 Å². The van der Waals surface area contributed by atoms with Crippen LogP contribution in [0.2, 0.25) is 0 Å². The molecule has 2 rings (SSSR count). The highest BCUT2D eigenvalue weighted by Gasteiger charge is 2.14. The Morgan fingerprint density at radius 3 is 2.46 bits per heavy atom. The Hall–Kier alpha value is -2.33. The van der Waals surface area contributed by atoms with Gasteiger partial charge in [-0.2, -0.15) is 0 Å². The third-order valence-corrected chi connectivity index (χ3v) is 4.44. The number of benzene rings is 2. The predicted octanol–water partition coefficient (Wildman–Crippen LogP) is 3.34. The summed E-state index contributed by atoms with van der Waals surface area (Å²) in [5, 5.41) is 6.20. The van der Waals surface area contributed by atoms with Gasteiger partial charge in [0.15, 0.2) is 0 Å². The molecule has 0 saturated carbocycles. The van der Waals surface area contributed by atoms with Crippen molar-refractivity contribution in [3.8, 4) is 5.75 Å². The molecular weight excluding hydrogens is 300 g/mol. The Labute approximate surface area is 144 Å². The summed E-state index contributed by atoms with van der Waals surface area (Å²) in [5.74, 6) is 1.19. The molecule has 0 saturated heterocycles. The molecule has 128 valence electrons. The Morgan fingerprint density at radius 1 is 1.12 bits per heavy atom. The Bertz CT molecular complexity index is 668. The van der Waals surface area contributed by atoms with E-state index in [4.69, 9.17) is 4.74 Å². The van der Waals surface area contributed by atoms with Gasteiger partial charge in [0.2, 0.25) is 0 Å². The van der Waals surface area contributed by atoms with Crippen molar-refractivity contribution in [1.82, 2.24) is 10.6 Å². The van der Waals surface area contributed by atoms with Crippen molar-refractivity contribution in [2.75, 3.05) is 14.2 Å². The van der Waals surface area contributed by atoms with Gasteiger partial charge in [-0.05, 0) is 48.2 Å². The Balaban J connectivity index is 1.96. The lowest BCUT2D eigenvalue weighted by Crippen LogP contribution is -2.30. The smallest absolute Gasteiger partial charge is 0.251 e. The molecule has 0 aromatic heterocycles. The van der Waals surface area contributed by atoms with Crippen LogP contribution < -0.4 is 15.4 Å². The molecule has 2 aromatic carbocycles. The monoisotopic (exact) mass is 326 g/mol. The number of methoxy groups -OCH3 is 1. The number of carbonyl (C=O) groups excluding carboxylic acids is 1. The fraction of sp³-hybridized carbons (Fsp3) is 0.350. The normalized spacial score (nSPS) is 13.2. The third-order valence-electron chi connectivity index (χ3n) is 4.44. The van der Waals surface area contributed by atoms with Crippen LogP contribution in [0.25, 0.3) is 0 Å². The molecule has 0 heterocycles. The van der Waals surface area contributed by atoms with E-state index in [1.54, 1.807) is 14.2 Å². The van der Waals surface area contributed by atoms with Crippen LogP contribution in [0.3, 0.4) is 0 Å². The van der Waals surface area contributed by atoms with Crippen LogP contribution in [0.15, 0.2) is 48.5 Å². The highest BCUT2D eigenvalue weighted by molar-refractivity contribution is 5.94. The summed E-state index contributed by atoms with van der Waals surface area (Å²) < 4.78 is 5.21. The van der Waals surface area contributed by atoms with Gasteiger partial charge >= 0.3 is 0 Å². The van der Waals surface area contributed by atoms with E-state index in [9.17, 15) is 4.79 Å². The Kier molecular flexibility index (Phi) is 6.38. The van der Waals surface area contributed by atoms with Crippen LogP contribution in [0.1, 0.15) is 41.3 Å². The lowest BCUT2D eigenvalue weighted by molar-refractivity contribution is 0.0963. The zero-order valence-electron chi connectivity index (χ0n) is 14.8. The number of carbonyl (C=O) groups is 1. The molecule has 2 atom stereocenters. The second kappa shape index (κ2) is 8.50. The summed E-state index contributed by atoms with van der Waals surface area (Å²) in [4.78, 5) is 11.7. The van der Waals surface area contributed by atoms with Crippen LogP contribution in [0.5, 0.6) is 5.75 Å². The van der Waals surface area contributed by atoms with Crippen LogP contribution in [0, 0.1) is 0 Å². The van der Waals surface area contributed by atoms with Gasteiger partial charge < -0.3 is 15.4 Å². The zero-order chi connectivity index (χ0) is 17.5. The highest BCUT2D eigenvalue weighted by Crippen LogP contribution is 2.22. The molecule has 0 aliphatic heterocycles. The van der Waals surface area contributed by atoms with Crippen LogP contribution in [-0.2, 0) is 6.54 Å². The quantitative estimate of drug-likeness (QED) is 0.820. The first-order chi connectivity index (χ1) is 11.5. The van der Waals surface area contributed by atoms with Gasteiger partial charge in [-0.25, -0.2) is 0 Å². The lowest BCUT2D eigenvalue weighted by atomic mass is 9.94. The maximum absolute atomic E-state index is 11.7. The molecular formula is C20H26N2O2. The largest absolute Gasteiger partial charge is 0.497 e. The molecule has 0 unspecified atom stereocenters. The molecule has 0 aliphatic carbocycles. The fourth-order valence-electron chi connectivity index (χ4n) is 2.62. The second-order valence-corrected chi connectivity index (χ2v) is 6.01. The maximum atomic E-state index is 11.7. The molecule has 2 aromatic rings. The number of rotatable bonds is 7. The van der Waals surface area contributed by atoms with Crippen molar-refractivity contribution in [2.45, 2.75) is 32.4 Å². The first-order valence-corrected chi connectivity index (χ1v) is 8.23. The molecule has 0 radical (unpaired) electrons. The predicted molar refractivity (Wildman–Crippen MR) is 97.5 cm³/mol. The fourth-order valence-corrected chi connectivity index (χ4v) is 2.62. The third kappa shape index (κ3) is 4.59. The van der Waals surface area contributed by atoms with E-state index in [-0.39, 0.29) is 5.91 Å². The average Bonchev–Trinajstić information content (AvgIpc) is 2.65. The van der Waals surface area contributed by atoms with Crippen molar-refractivity contribution < 1.29 is 9.53 Å². The van der Waals surface area contributed by atoms with Crippen molar-refractivity contribution >= 4 is 5.91 Å². The SMILES string of the molecule is CNC(=O)c1cccc(CN[C@@H](C)[C@@H](C)c2ccc(OC)cc2)c1. The van der Waals surface area contributed by atoms with Crippen molar-refractivity contribution in [3.05, 3.63) is 65.2 Å². The minimum absolute atomic E-state index is 0.0588. The van der Waals surface area contributed by atoms with E-state index in [1.807, 2.05) is 36.4 Å². The Morgan fingerprint density at radius 2 is 1.83 bits per heavy atom. The van der Waals surface area contributed by atoms with E-state index in [2.05, 4.69) is 36.6 Å². The zero-order valence-corrected chi connectivity index (χ0v) is 14.8. The topological polar surface area (TPSA) is 50.4 Å². The van der Waals surface area contributed by atoms with Gasteiger partial charge in [0.25, 0.3) is 5.91 Å². The summed E-state index contributed by atoms with van der Waals surface area (Å²) in [7, 11) is 3.32. The molecule has 1 amide bonds. The number of hydrogen-bond acceptors (Lipinski definition) is 3. The van der Waals surface area contributed by atoms with Crippen LogP contribution in [-0.4, -0.2) is 26.1 Å². The standard InChI is InChI=1S/C20H26N2O2/c1-14(17-8-10-19(24-4)11-9-17)15(2)22-13-16-6-5-7-18(12-16)20(23)21-3/h5-12,14-15,22H,13H2,1-4H3,(H,21,23)/t14-,15+/m1/s1. The number of ether oxygens (including phenoxy) is 1. The molecule has 4 heteroatoms. The van der Waals surface area contributed by atoms with Gasteiger partial charge in [-0.15, -0.1) is 0 Å². The molecule has 0 aliphatic rings.